The first-order chi connectivity index (χ1) is 9.19. The van der Waals surface area contributed by atoms with Gasteiger partial charge in [-0.2, -0.15) is 0 Å². The maximum absolute atomic E-state index is 13.2. The number of nitrogens with zero attached hydrogens (tertiary/aromatic N) is 1. The monoisotopic (exact) mass is 283 g/mol. The number of carboxylic acids is 1. The van der Waals surface area contributed by atoms with Crippen LogP contribution in [-0.2, 0) is 9.53 Å². The molecule has 1 N–H and O–H groups in total. The van der Waals surface area contributed by atoms with Crippen molar-refractivity contribution in [3.8, 4) is 0 Å². The zero-order chi connectivity index (χ0) is 15.3. The van der Waals surface area contributed by atoms with Gasteiger partial charge >= 0.3 is 12.1 Å². The number of benzene rings is 1. The fourth-order valence-electron chi connectivity index (χ4n) is 1.49. The predicted molar refractivity (Wildman–Crippen MR) is 72.2 cm³/mol. The van der Waals surface area contributed by atoms with Gasteiger partial charge in [0.1, 0.15) is 11.4 Å². The van der Waals surface area contributed by atoms with Crippen LogP contribution < -0.4 is 4.90 Å². The van der Waals surface area contributed by atoms with Crippen LogP contribution in [0.2, 0.25) is 0 Å². The second kappa shape index (κ2) is 6.36. The molecule has 0 saturated heterocycles. The summed E-state index contributed by atoms with van der Waals surface area (Å²) in [4.78, 5) is 23.8. The Morgan fingerprint density at radius 2 is 2.00 bits per heavy atom. The van der Waals surface area contributed by atoms with Crippen LogP contribution in [0.15, 0.2) is 24.3 Å². The normalized spacial score (nSPS) is 11.0. The highest BCUT2D eigenvalue weighted by molar-refractivity contribution is 5.88. The van der Waals surface area contributed by atoms with Gasteiger partial charge in [0.05, 0.1) is 6.42 Å². The van der Waals surface area contributed by atoms with Crippen molar-refractivity contribution in [3.63, 3.8) is 0 Å². The lowest BCUT2D eigenvalue weighted by Gasteiger charge is -2.27. The summed E-state index contributed by atoms with van der Waals surface area (Å²) in [6.07, 6.45) is -0.959. The summed E-state index contributed by atoms with van der Waals surface area (Å²) in [5.74, 6) is -1.55. The number of halogens is 1. The van der Waals surface area contributed by atoms with Crippen LogP contribution in [-0.4, -0.2) is 29.3 Å². The van der Waals surface area contributed by atoms with Crippen molar-refractivity contribution in [1.82, 2.24) is 0 Å². The molecule has 0 bridgehead atoms. The Hall–Kier alpha value is -2.11. The van der Waals surface area contributed by atoms with E-state index < -0.39 is 23.5 Å². The minimum absolute atomic E-state index is 0.0896. The van der Waals surface area contributed by atoms with E-state index in [0.717, 1.165) is 11.0 Å². The first-order valence-corrected chi connectivity index (χ1v) is 6.17. The zero-order valence-electron chi connectivity index (χ0n) is 11.7. The minimum atomic E-state index is -1.05. The van der Waals surface area contributed by atoms with Gasteiger partial charge in [-0.05, 0) is 39.0 Å². The van der Waals surface area contributed by atoms with E-state index in [2.05, 4.69) is 0 Å². The molecule has 0 radical (unpaired) electrons. The van der Waals surface area contributed by atoms with Crippen molar-refractivity contribution in [1.29, 1.82) is 0 Å². The predicted octanol–water partition coefficient (Wildman–Crippen LogP) is 3.04. The van der Waals surface area contributed by atoms with Gasteiger partial charge in [-0.1, -0.05) is 6.07 Å². The molecule has 1 rings (SSSR count). The van der Waals surface area contributed by atoms with Gasteiger partial charge in [0.25, 0.3) is 0 Å². The number of carbonyl (C=O) groups is 2. The first-order valence-electron chi connectivity index (χ1n) is 6.17. The standard InChI is InChI=1S/C14H18FNO4/c1-14(2,3)20-13(19)16(8-7-12(17)18)11-6-4-5-10(15)9-11/h4-6,9H,7-8H2,1-3H3,(H,17,18). The molecule has 1 amide bonds. The highest BCUT2D eigenvalue weighted by Gasteiger charge is 2.24. The van der Waals surface area contributed by atoms with Crippen LogP contribution in [0.1, 0.15) is 27.2 Å². The molecule has 0 fully saturated rings. The number of hydrogen-bond donors (Lipinski definition) is 1. The maximum atomic E-state index is 13.2. The van der Waals surface area contributed by atoms with Crippen molar-refractivity contribution in [2.75, 3.05) is 11.4 Å². The molecular weight excluding hydrogens is 265 g/mol. The zero-order valence-corrected chi connectivity index (χ0v) is 11.7. The smallest absolute Gasteiger partial charge is 0.414 e. The summed E-state index contributed by atoms with van der Waals surface area (Å²) in [5, 5.41) is 8.73. The lowest BCUT2D eigenvalue weighted by molar-refractivity contribution is -0.136. The van der Waals surface area contributed by atoms with E-state index >= 15 is 0 Å². The Labute approximate surface area is 117 Å². The van der Waals surface area contributed by atoms with Gasteiger partial charge in [-0.3, -0.25) is 9.69 Å². The molecule has 0 aromatic heterocycles. The van der Waals surface area contributed by atoms with E-state index in [0.29, 0.717) is 0 Å². The second-order valence-corrected chi connectivity index (χ2v) is 5.26. The maximum Gasteiger partial charge on any atom is 0.414 e. The average Bonchev–Trinajstić information content (AvgIpc) is 2.26. The molecule has 0 spiro atoms. The number of anilines is 1. The number of rotatable bonds is 4. The van der Waals surface area contributed by atoms with Crippen LogP contribution in [0, 0.1) is 5.82 Å². The number of carbonyl (C=O) groups excluding carboxylic acids is 1. The van der Waals surface area contributed by atoms with Crippen molar-refractivity contribution < 1.29 is 23.8 Å². The lowest BCUT2D eigenvalue weighted by Crippen LogP contribution is -2.38. The Kier molecular flexibility index (Phi) is 5.07. The molecule has 0 aliphatic heterocycles. The fraction of sp³-hybridized carbons (Fsp3) is 0.429. The summed E-state index contributed by atoms with van der Waals surface area (Å²) in [6, 6.07) is 5.37. The van der Waals surface area contributed by atoms with Crippen LogP contribution in [0.25, 0.3) is 0 Å². The largest absolute Gasteiger partial charge is 0.481 e. The van der Waals surface area contributed by atoms with Gasteiger partial charge < -0.3 is 9.84 Å². The summed E-state index contributed by atoms with van der Waals surface area (Å²) >= 11 is 0. The van der Waals surface area contributed by atoms with Crippen molar-refractivity contribution in [2.45, 2.75) is 32.8 Å². The van der Waals surface area contributed by atoms with Gasteiger partial charge in [0.15, 0.2) is 0 Å². The van der Waals surface area contributed by atoms with Gasteiger partial charge in [0.2, 0.25) is 0 Å². The van der Waals surface area contributed by atoms with Crippen LogP contribution in [0.4, 0.5) is 14.9 Å². The van der Waals surface area contributed by atoms with E-state index in [1.807, 2.05) is 0 Å². The number of aliphatic carboxylic acids is 1. The molecule has 0 aliphatic carbocycles. The number of ether oxygens (including phenoxy) is 1. The van der Waals surface area contributed by atoms with Gasteiger partial charge in [-0.15, -0.1) is 0 Å². The SMILES string of the molecule is CC(C)(C)OC(=O)N(CCC(=O)O)c1cccc(F)c1. The van der Waals surface area contributed by atoms with E-state index in [4.69, 9.17) is 9.84 Å². The van der Waals surface area contributed by atoms with E-state index in [-0.39, 0.29) is 18.7 Å². The lowest BCUT2D eigenvalue weighted by atomic mass is 10.2. The Morgan fingerprint density at radius 1 is 1.35 bits per heavy atom. The van der Waals surface area contributed by atoms with Crippen LogP contribution >= 0.6 is 0 Å². The highest BCUT2D eigenvalue weighted by atomic mass is 19.1. The van der Waals surface area contributed by atoms with E-state index in [1.54, 1.807) is 20.8 Å². The Bertz CT molecular complexity index is 496. The Balaban J connectivity index is 2.95. The fourth-order valence-corrected chi connectivity index (χ4v) is 1.49. The molecule has 0 heterocycles. The van der Waals surface area contributed by atoms with Crippen LogP contribution in [0.3, 0.4) is 0 Å². The second-order valence-electron chi connectivity index (χ2n) is 5.26. The highest BCUT2D eigenvalue weighted by Crippen LogP contribution is 2.19. The third-order valence-electron chi connectivity index (χ3n) is 2.28. The molecule has 110 valence electrons. The molecule has 5 nitrogen and oxygen atoms in total. The van der Waals surface area contributed by atoms with E-state index in [9.17, 15) is 14.0 Å². The van der Waals surface area contributed by atoms with Crippen molar-refractivity contribution >= 4 is 17.7 Å². The molecule has 1 aromatic rings. The summed E-state index contributed by atoms with van der Waals surface area (Å²) < 4.78 is 18.4. The van der Waals surface area contributed by atoms with Crippen molar-refractivity contribution in [3.05, 3.63) is 30.1 Å². The Morgan fingerprint density at radius 3 is 2.50 bits per heavy atom. The number of amides is 1. The molecule has 0 atom stereocenters. The molecule has 0 saturated carbocycles. The first kappa shape index (κ1) is 15.9. The molecule has 1 aromatic carbocycles. The number of carboxylic acid groups (broad SMARTS) is 1. The molecule has 0 unspecified atom stereocenters. The third-order valence-corrected chi connectivity index (χ3v) is 2.28. The topological polar surface area (TPSA) is 66.8 Å². The van der Waals surface area contributed by atoms with Crippen LogP contribution in [0.5, 0.6) is 0 Å². The molecule has 6 heteroatoms. The van der Waals surface area contributed by atoms with Gasteiger partial charge in [-0.25, -0.2) is 9.18 Å². The summed E-state index contributed by atoms with van der Waals surface area (Å²) in [6.45, 7) is 5.01. The third kappa shape index (κ3) is 5.26. The summed E-state index contributed by atoms with van der Waals surface area (Å²) in [7, 11) is 0. The summed E-state index contributed by atoms with van der Waals surface area (Å²) in [5.41, 5.74) is -0.452. The molecular formula is C14H18FNO4. The molecule has 0 aliphatic rings. The quantitative estimate of drug-likeness (QED) is 0.922. The van der Waals surface area contributed by atoms with E-state index in [1.165, 1.54) is 18.2 Å². The minimum Gasteiger partial charge on any atom is -0.481 e. The number of hydrogen-bond acceptors (Lipinski definition) is 3. The molecule has 20 heavy (non-hydrogen) atoms. The van der Waals surface area contributed by atoms with Gasteiger partial charge in [0, 0.05) is 12.2 Å². The average molecular weight is 283 g/mol. The van der Waals surface area contributed by atoms with Crippen molar-refractivity contribution in [2.24, 2.45) is 0 Å².